The molecule has 0 spiro atoms. The fraction of sp³-hybridized carbons (Fsp3) is 0.333. The van der Waals surface area contributed by atoms with Crippen LogP contribution in [0.5, 0.6) is 0 Å². The standard InChI is InChI=1S/C30H36FN3O4S/c1-4-32-30(36)28(21-24-14-6-5-7-15-24)33(22-25-16-9-10-17-26(25)31)29(35)19-12-20-34(39(3,37)38)27-18-11-8-13-23(27)2/h5-11,13-18,28H,4,12,19-22H2,1-3H3,(H,32,36)/t28-/m0/s1. The number of benzene rings is 3. The Balaban J connectivity index is 1.88. The predicted octanol–water partition coefficient (Wildman–Crippen LogP) is 4.46. The molecule has 208 valence electrons. The second-order valence-electron chi connectivity index (χ2n) is 9.44. The summed E-state index contributed by atoms with van der Waals surface area (Å²) in [5.41, 5.74) is 2.52. The Labute approximate surface area is 230 Å². The fourth-order valence-corrected chi connectivity index (χ4v) is 5.50. The summed E-state index contributed by atoms with van der Waals surface area (Å²) in [5, 5.41) is 2.81. The molecule has 0 unspecified atom stereocenters. The van der Waals surface area contributed by atoms with Gasteiger partial charge in [0.2, 0.25) is 21.8 Å². The van der Waals surface area contributed by atoms with Crippen molar-refractivity contribution in [2.45, 2.75) is 45.7 Å². The van der Waals surface area contributed by atoms with E-state index >= 15 is 0 Å². The van der Waals surface area contributed by atoms with Gasteiger partial charge in [-0.25, -0.2) is 12.8 Å². The molecule has 2 amide bonds. The molecule has 39 heavy (non-hydrogen) atoms. The van der Waals surface area contributed by atoms with Gasteiger partial charge in [-0.15, -0.1) is 0 Å². The van der Waals surface area contributed by atoms with E-state index in [1.165, 1.54) is 15.3 Å². The second-order valence-corrected chi connectivity index (χ2v) is 11.3. The quantitative estimate of drug-likeness (QED) is 0.339. The van der Waals surface area contributed by atoms with Crippen LogP contribution in [0.3, 0.4) is 0 Å². The third-order valence-corrected chi connectivity index (χ3v) is 7.64. The number of sulfonamides is 1. The maximum atomic E-state index is 14.7. The maximum Gasteiger partial charge on any atom is 0.243 e. The highest BCUT2D eigenvalue weighted by molar-refractivity contribution is 7.92. The Bertz CT molecular complexity index is 1370. The summed E-state index contributed by atoms with van der Waals surface area (Å²) < 4.78 is 41.1. The smallest absolute Gasteiger partial charge is 0.243 e. The molecule has 0 aromatic heterocycles. The van der Waals surface area contributed by atoms with Crippen LogP contribution in [0.15, 0.2) is 78.9 Å². The molecule has 0 bridgehead atoms. The number of rotatable bonds is 13. The zero-order valence-electron chi connectivity index (χ0n) is 22.6. The Kier molecular flexibility index (Phi) is 10.6. The van der Waals surface area contributed by atoms with Gasteiger partial charge in [-0.2, -0.15) is 0 Å². The Morgan fingerprint density at radius 3 is 2.23 bits per heavy atom. The molecule has 9 heteroatoms. The van der Waals surface area contributed by atoms with E-state index in [1.807, 2.05) is 49.4 Å². The van der Waals surface area contributed by atoms with Gasteiger partial charge in [0.05, 0.1) is 11.9 Å². The molecule has 0 aliphatic heterocycles. The van der Waals surface area contributed by atoms with Crippen LogP contribution in [0.2, 0.25) is 0 Å². The monoisotopic (exact) mass is 553 g/mol. The normalized spacial score (nSPS) is 12.0. The highest BCUT2D eigenvalue weighted by atomic mass is 32.2. The van der Waals surface area contributed by atoms with Crippen LogP contribution in [0.4, 0.5) is 10.1 Å². The molecule has 0 heterocycles. The topological polar surface area (TPSA) is 86.8 Å². The van der Waals surface area contributed by atoms with Crippen molar-refractivity contribution in [3.8, 4) is 0 Å². The summed E-state index contributed by atoms with van der Waals surface area (Å²) in [6, 6.07) is 21.8. The number of aryl methyl sites for hydroxylation is 1. The molecule has 1 atom stereocenters. The Hall–Kier alpha value is -3.72. The molecule has 3 rings (SSSR count). The van der Waals surface area contributed by atoms with Crippen molar-refractivity contribution in [2.24, 2.45) is 0 Å². The van der Waals surface area contributed by atoms with Gasteiger partial charge in [-0.1, -0.05) is 66.7 Å². The van der Waals surface area contributed by atoms with Crippen molar-refractivity contribution < 1.29 is 22.4 Å². The van der Waals surface area contributed by atoms with E-state index in [9.17, 15) is 22.4 Å². The lowest BCUT2D eigenvalue weighted by atomic mass is 10.0. The number of nitrogens with one attached hydrogen (secondary N) is 1. The number of hydrogen-bond acceptors (Lipinski definition) is 4. The van der Waals surface area contributed by atoms with Gasteiger partial charge < -0.3 is 10.2 Å². The van der Waals surface area contributed by atoms with Crippen molar-refractivity contribution in [3.63, 3.8) is 0 Å². The fourth-order valence-electron chi connectivity index (χ4n) is 4.48. The molecule has 0 aliphatic rings. The number of halogens is 1. The first-order valence-electron chi connectivity index (χ1n) is 13.0. The van der Waals surface area contributed by atoms with E-state index in [0.29, 0.717) is 17.8 Å². The van der Waals surface area contributed by atoms with E-state index in [-0.39, 0.29) is 44.2 Å². The van der Waals surface area contributed by atoms with E-state index < -0.39 is 21.9 Å². The van der Waals surface area contributed by atoms with Gasteiger partial charge in [0, 0.05) is 38.0 Å². The van der Waals surface area contributed by atoms with Crippen LogP contribution < -0.4 is 9.62 Å². The summed E-state index contributed by atoms with van der Waals surface area (Å²) in [6.07, 6.45) is 1.60. The van der Waals surface area contributed by atoms with Crippen LogP contribution >= 0.6 is 0 Å². The summed E-state index contributed by atoms with van der Waals surface area (Å²) in [5.74, 6) is -1.15. The highest BCUT2D eigenvalue weighted by Gasteiger charge is 2.31. The molecule has 0 fully saturated rings. The molecule has 0 saturated heterocycles. The maximum absolute atomic E-state index is 14.7. The van der Waals surface area contributed by atoms with Gasteiger partial charge in [-0.3, -0.25) is 13.9 Å². The number of hydrogen-bond donors (Lipinski definition) is 1. The SMILES string of the molecule is CCNC(=O)[C@H](Cc1ccccc1)N(Cc1ccccc1F)C(=O)CCCN(c1ccccc1C)S(C)(=O)=O. The van der Waals surface area contributed by atoms with Crippen molar-refractivity contribution in [1.82, 2.24) is 10.2 Å². The van der Waals surface area contributed by atoms with Crippen molar-refractivity contribution in [1.29, 1.82) is 0 Å². The molecule has 0 aliphatic carbocycles. The lowest BCUT2D eigenvalue weighted by molar-refractivity contribution is -0.141. The number of carbonyl (C=O) groups excluding carboxylic acids is 2. The van der Waals surface area contributed by atoms with Crippen molar-refractivity contribution in [3.05, 3.63) is 101 Å². The van der Waals surface area contributed by atoms with Crippen LogP contribution in [0, 0.1) is 12.7 Å². The Morgan fingerprint density at radius 1 is 0.949 bits per heavy atom. The average Bonchev–Trinajstić information content (AvgIpc) is 2.90. The molecule has 3 aromatic rings. The number of nitrogens with zero attached hydrogens (tertiary/aromatic N) is 2. The first-order chi connectivity index (χ1) is 18.6. The number of carbonyl (C=O) groups is 2. The summed E-state index contributed by atoms with van der Waals surface area (Å²) in [7, 11) is -3.60. The molecule has 0 radical (unpaired) electrons. The van der Waals surface area contributed by atoms with Crippen LogP contribution in [-0.4, -0.2) is 50.5 Å². The summed E-state index contributed by atoms with van der Waals surface area (Å²) >= 11 is 0. The minimum Gasteiger partial charge on any atom is -0.355 e. The van der Waals surface area contributed by atoms with E-state index in [4.69, 9.17) is 0 Å². The first kappa shape index (κ1) is 29.8. The van der Waals surface area contributed by atoms with E-state index in [1.54, 1.807) is 37.3 Å². The minimum atomic E-state index is -3.60. The first-order valence-corrected chi connectivity index (χ1v) is 14.8. The zero-order chi connectivity index (χ0) is 28.4. The molecule has 3 aromatic carbocycles. The molecule has 1 N–H and O–H groups in total. The van der Waals surface area contributed by atoms with E-state index in [0.717, 1.165) is 17.4 Å². The Morgan fingerprint density at radius 2 is 1.59 bits per heavy atom. The van der Waals surface area contributed by atoms with Gasteiger partial charge in [0.15, 0.2) is 0 Å². The van der Waals surface area contributed by atoms with Crippen molar-refractivity contribution >= 4 is 27.5 Å². The van der Waals surface area contributed by atoms with Gasteiger partial charge >= 0.3 is 0 Å². The molecular weight excluding hydrogens is 517 g/mol. The largest absolute Gasteiger partial charge is 0.355 e. The number of likely N-dealkylation sites (N-methyl/N-ethyl adjacent to an activating group) is 1. The van der Waals surface area contributed by atoms with Gasteiger partial charge in [0.25, 0.3) is 0 Å². The summed E-state index contributed by atoms with van der Waals surface area (Å²) in [6.45, 7) is 4.01. The summed E-state index contributed by atoms with van der Waals surface area (Å²) in [4.78, 5) is 28.3. The highest BCUT2D eigenvalue weighted by Crippen LogP contribution is 2.23. The molecular formula is C30H36FN3O4S. The predicted molar refractivity (Wildman–Crippen MR) is 152 cm³/mol. The number of anilines is 1. The average molecular weight is 554 g/mol. The van der Waals surface area contributed by atoms with Crippen molar-refractivity contribution in [2.75, 3.05) is 23.7 Å². The van der Waals surface area contributed by atoms with Crippen LogP contribution in [0.25, 0.3) is 0 Å². The zero-order valence-corrected chi connectivity index (χ0v) is 23.5. The third-order valence-electron chi connectivity index (χ3n) is 6.46. The molecule has 7 nitrogen and oxygen atoms in total. The van der Waals surface area contributed by atoms with Gasteiger partial charge in [0.1, 0.15) is 11.9 Å². The van der Waals surface area contributed by atoms with E-state index in [2.05, 4.69) is 5.32 Å². The van der Waals surface area contributed by atoms with Crippen LogP contribution in [0.1, 0.15) is 36.5 Å². The number of para-hydroxylation sites is 1. The second kappa shape index (κ2) is 13.9. The van der Waals surface area contributed by atoms with Gasteiger partial charge in [-0.05, 0) is 43.5 Å². The number of amides is 2. The lowest BCUT2D eigenvalue weighted by Crippen LogP contribution is -2.50. The lowest BCUT2D eigenvalue weighted by Gasteiger charge is -2.32. The molecule has 0 saturated carbocycles. The third kappa shape index (κ3) is 8.38. The minimum absolute atomic E-state index is 0.0168. The van der Waals surface area contributed by atoms with Crippen LogP contribution in [-0.2, 0) is 32.6 Å².